The molecule has 32 heavy (non-hydrogen) atoms. The minimum Gasteiger partial charge on any atom is -0.492 e. The highest BCUT2D eigenvalue weighted by Gasteiger charge is 2.30. The summed E-state index contributed by atoms with van der Waals surface area (Å²) in [7, 11) is 0. The predicted molar refractivity (Wildman–Crippen MR) is 124 cm³/mol. The third kappa shape index (κ3) is 9.31. The fourth-order valence-corrected chi connectivity index (χ4v) is 3.62. The molecule has 0 aromatic heterocycles. The Morgan fingerprint density at radius 2 is 1.25 bits per heavy atom. The van der Waals surface area contributed by atoms with E-state index in [0.717, 1.165) is 11.1 Å². The van der Waals surface area contributed by atoms with Crippen molar-refractivity contribution in [2.75, 3.05) is 39.5 Å². The summed E-state index contributed by atoms with van der Waals surface area (Å²) in [5.74, 6) is 1.64. The van der Waals surface area contributed by atoms with Gasteiger partial charge in [-0.3, -0.25) is 4.90 Å². The molecule has 0 heterocycles. The predicted octanol–water partition coefficient (Wildman–Crippen LogP) is -2.62. The number of benzene rings is 1. The first-order valence-electron chi connectivity index (χ1n) is 10.2. The van der Waals surface area contributed by atoms with E-state index in [2.05, 4.69) is 25.3 Å². The van der Waals surface area contributed by atoms with Gasteiger partial charge in [0.05, 0.1) is 25.4 Å². The van der Waals surface area contributed by atoms with E-state index < -0.39 is 49.8 Å². The summed E-state index contributed by atoms with van der Waals surface area (Å²) in [5.41, 5.74) is 1.99. The Morgan fingerprint density at radius 3 is 1.69 bits per heavy atom. The van der Waals surface area contributed by atoms with Gasteiger partial charge in [-0.15, -0.1) is 0 Å². The quantitative estimate of drug-likeness (QED) is 0.109. The molecule has 0 spiro atoms. The largest absolute Gasteiger partial charge is 0.492 e. The number of hydrogen-bond acceptors (Lipinski definition) is 12. The maximum atomic E-state index is 10.2. The highest BCUT2D eigenvalue weighted by atomic mass is 32.1. The molecule has 1 aromatic carbocycles. The van der Waals surface area contributed by atoms with Crippen LogP contribution in [-0.4, -0.2) is 122 Å². The summed E-state index contributed by atoms with van der Waals surface area (Å²) < 4.78 is 5.73. The van der Waals surface area contributed by atoms with Gasteiger partial charge in [0.25, 0.3) is 0 Å². The molecule has 0 unspecified atom stereocenters. The van der Waals surface area contributed by atoms with E-state index in [-0.39, 0.29) is 26.2 Å². The molecule has 0 aliphatic carbocycles. The number of rotatable bonds is 16. The summed E-state index contributed by atoms with van der Waals surface area (Å²) in [4.78, 5) is 1.46. The summed E-state index contributed by atoms with van der Waals surface area (Å²) in [6, 6.07) is 5.48. The second-order valence-electron chi connectivity index (χ2n) is 7.47. The first kappa shape index (κ1) is 29.4. The van der Waals surface area contributed by atoms with Gasteiger partial charge in [0, 0.05) is 31.1 Å². The van der Waals surface area contributed by atoms with Gasteiger partial charge in [0.15, 0.2) is 0 Å². The Labute approximate surface area is 198 Å². The van der Waals surface area contributed by atoms with E-state index in [9.17, 15) is 30.6 Å². The van der Waals surface area contributed by atoms with Crippen molar-refractivity contribution < 1.29 is 45.6 Å². The SMILES string of the molecule is OC[C@@H](O)[C@H](O)[C@@H](O)CN(CCOc1ccc(CS)c(CS)c1)C[C@H](O)[C@@H](O)[C@H](O)CO. The lowest BCUT2D eigenvalue weighted by Crippen LogP contribution is -2.51. The molecule has 0 saturated carbocycles. The second-order valence-corrected chi connectivity index (χ2v) is 8.10. The van der Waals surface area contributed by atoms with Gasteiger partial charge >= 0.3 is 0 Å². The summed E-state index contributed by atoms with van der Waals surface area (Å²) in [6.07, 6.45) is -9.34. The Kier molecular flexibility index (Phi) is 14.1. The lowest BCUT2D eigenvalue weighted by atomic mass is 10.1. The van der Waals surface area contributed by atoms with Gasteiger partial charge in [0.1, 0.15) is 36.8 Å². The van der Waals surface area contributed by atoms with Crippen LogP contribution in [0.15, 0.2) is 18.2 Å². The molecule has 0 fully saturated rings. The maximum absolute atomic E-state index is 10.2. The number of ether oxygens (including phenoxy) is 1. The van der Waals surface area contributed by atoms with Crippen molar-refractivity contribution in [3.63, 3.8) is 0 Å². The van der Waals surface area contributed by atoms with Gasteiger partial charge in [-0.1, -0.05) is 6.07 Å². The van der Waals surface area contributed by atoms with Crippen molar-refractivity contribution in [1.29, 1.82) is 0 Å². The smallest absolute Gasteiger partial charge is 0.119 e. The maximum Gasteiger partial charge on any atom is 0.119 e. The van der Waals surface area contributed by atoms with Crippen molar-refractivity contribution in [3.8, 4) is 5.75 Å². The average molecular weight is 498 g/mol. The van der Waals surface area contributed by atoms with Crippen LogP contribution in [0, 0.1) is 0 Å². The van der Waals surface area contributed by atoms with Crippen LogP contribution in [0.2, 0.25) is 0 Å². The van der Waals surface area contributed by atoms with Crippen LogP contribution in [0.25, 0.3) is 0 Å². The Morgan fingerprint density at radius 1 is 0.750 bits per heavy atom. The van der Waals surface area contributed by atoms with E-state index in [1.165, 1.54) is 4.90 Å². The van der Waals surface area contributed by atoms with Gasteiger partial charge in [-0.2, -0.15) is 25.3 Å². The third-order valence-electron chi connectivity index (χ3n) is 5.04. The van der Waals surface area contributed by atoms with Crippen molar-refractivity contribution in [3.05, 3.63) is 29.3 Å². The molecule has 12 heteroatoms. The van der Waals surface area contributed by atoms with Crippen molar-refractivity contribution in [2.24, 2.45) is 0 Å². The van der Waals surface area contributed by atoms with Crippen LogP contribution < -0.4 is 4.74 Å². The lowest BCUT2D eigenvalue weighted by molar-refractivity contribution is -0.101. The average Bonchev–Trinajstić information content (AvgIpc) is 2.81. The first-order valence-corrected chi connectivity index (χ1v) is 11.4. The molecule has 186 valence electrons. The van der Waals surface area contributed by atoms with Crippen LogP contribution in [-0.2, 0) is 11.5 Å². The molecule has 0 radical (unpaired) electrons. The lowest BCUT2D eigenvalue weighted by Gasteiger charge is -2.32. The van der Waals surface area contributed by atoms with Gasteiger partial charge in [-0.05, 0) is 23.3 Å². The zero-order chi connectivity index (χ0) is 24.3. The highest BCUT2D eigenvalue weighted by molar-refractivity contribution is 7.79. The Bertz CT molecular complexity index is 633. The Balaban J connectivity index is 2.81. The molecule has 10 nitrogen and oxygen atoms in total. The van der Waals surface area contributed by atoms with Crippen LogP contribution in [0.3, 0.4) is 0 Å². The van der Waals surface area contributed by atoms with Crippen LogP contribution >= 0.6 is 25.3 Å². The van der Waals surface area contributed by atoms with Gasteiger partial charge in [0.2, 0.25) is 0 Å². The van der Waals surface area contributed by atoms with Gasteiger partial charge < -0.3 is 45.6 Å². The molecule has 0 saturated heterocycles. The number of hydrogen-bond donors (Lipinski definition) is 10. The molecule has 1 rings (SSSR count). The molecule has 0 aliphatic rings. The standard InChI is InChI=1S/C20H35NO9S2/c22-8-17(26)19(28)15(24)6-21(7-16(25)20(29)18(27)9-23)3-4-30-14-2-1-12(10-31)13(5-14)11-32/h1-2,5,15-20,22-29,31-32H,3-4,6-11H2/t15-,16-,17+,18+,19+,20+/m0/s1. The van der Waals surface area contributed by atoms with Crippen LogP contribution in [0.1, 0.15) is 11.1 Å². The minimum absolute atomic E-state index is 0.114. The molecule has 0 bridgehead atoms. The van der Waals surface area contributed by atoms with Crippen molar-refractivity contribution >= 4 is 25.3 Å². The fourth-order valence-electron chi connectivity index (χ4n) is 3.02. The highest BCUT2D eigenvalue weighted by Crippen LogP contribution is 2.21. The van der Waals surface area contributed by atoms with E-state index >= 15 is 0 Å². The first-order chi connectivity index (χ1) is 15.2. The van der Waals surface area contributed by atoms with Crippen molar-refractivity contribution in [1.82, 2.24) is 4.90 Å². The van der Waals surface area contributed by atoms with Crippen LogP contribution in [0.5, 0.6) is 5.75 Å². The second kappa shape index (κ2) is 15.3. The molecule has 8 N–H and O–H groups in total. The number of aliphatic hydroxyl groups excluding tert-OH is 8. The fraction of sp³-hybridized carbons (Fsp3) is 0.700. The number of aliphatic hydroxyl groups is 8. The zero-order valence-corrected chi connectivity index (χ0v) is 19.5. The van der Waals surface area contributed by atoms with Gasteiger partial charge in [-0.25, -0.2) is 0 Å². The summed E-state index contributed by atoms with van der Waals surface area (Å²) in [5, 5.41) is 77.1. The van der Waals surface area contributed by atoms with E-state index in [0.29, 0.717) is 17.3 Å². The van der Waals surface area contributed by atoms with E-state index in [1.807, 2.05) is 12.1 Å². The molecule has 6 atom stereocenters. The minimum atomic E-state index is -1.64. The monoisotopic (exact) mass is 497 g/mol. The van der Waals surface area contributed by atoms with Crippen molar-refractivity contribution in [2.45, 2.75) is 48.1 Å². The zero-order valence-electron chi connectivity index (χ0n) is 17.7. The normalized spacial score (nSPS) is 17.6. The third-order valence-corrected chi connectivity index (χ3v) is 5.72. The van der Waals surface area contributed by atoms with Crippen LogP contribution in [0.4, 0.5) is 0 Å². The molecular weight excluding hydrogens is 462 g/mol. The number of thiol groups is 2. The molecule has 0 amide bonds. The molecular formula is C20H35NO9S2. The number of nitrogens with zero attached hydrogens (tertiary/aromatic N) is 1. The Hall–Kier alpha value is -0.640. The summed E-state index contributed by atoms with van der Waals surface area (Å²) >= 11 is 8.56. The topological polar surface area (TPSA) is 174 Å². The molecule has 0 aliphatic heterocycles. The van der Waals surface area contributed by atoms with E-state index in [4.69, 9.17) is 14.9 Å². The molecule has 1 aromatic rings. The van der Waals surface area contributed by atoms with E-state index in [1.54, 1.807) is 6.07 Å². The summed E-state index contributed by atoms with van der Waals surface area (Å²) in [6.45, 7) is -1.71.